The second-order valence-corrected chi connectivity index (χ2v) is 4.70. The van der Waals surface area contributed by atoms with Crippen molar-refractivity contribution in [3.8, 4) is 0 Å². The molecule has 0 saturated heterocycles. The predicted octanol–water partition coefficient (Wildman–Crippen LogP) is 4.06. The van der Waals surface area contributed by atoms with Crippen LogP contribution in [0.25, 0.3) is 6.08 Å². The molecule has 1 N–H and O–H groups in total. The average Bonchev–Trinajstić information content (AvgIpc) is 2.68. The van der Waals surface area contributed by atoms with E-state index in [1.54, 1.807) is 6.92 Å². The fraction of sp³-hybridized carbons (Fsp3) is 0.190. The summed E-state index contributed by atoms with van der Waals surface area (Å²) in [6, 6.07) is 10.0. The number of carbonyl (C=O) groups excluding carboxylic acids is 2. The topological polar surface area (TPSA) is 89.9 Å². The van der Waals surface area contributed by atoms with E-state index >= 15 is 0 Å². The van der Waals surface area contributed by atoms with Crippen molar-refractivity contribution in [1.82, 2.24) is 0 Å². The summed E-state index contributed by atoms with van der Waals surface area (Å²) in [4.78, 5) is 29.6. The number of hydrogen-bond acceptors (Lipinski definition) is 5. The SMILES string of the molecule is C=C(C)C(=O)O.C=C(C)C(=O)OC.C=CC(=O)OC.C=Cc1ccccc1. The lowest BCUT2D eigenvalue weighted by Crippen LogP contribution is -1.98. The summed E-state index contributed by atoms with van der Waals surface area (Å²) in [5.74, 6) is -1.68. The lowest BCUT2D eigenvalue weighted by atomic mass is 10.2. The lowest BCUT2D eigenvalue weighted by Gasteiger charge is -1.91. The van der Waals surface area contributed by atoms with Gasteiger partial charge in [0.15, 0.2) is 0 Å². The molecule has 0 atom stereocenters. The summed E-state index contributed by atoms with van der Waals surface area (Å²) in [6.45, 7) is 16.3. The van der Waals surface area contributed by atoms with Crippen LogP contribution in [0.1, 0.15) is 19.4 Å². The van der Waals surface area contributed by atoms with Crippen molar-refractivity contribution in [3.05, 3.63) is 79.4 Å². The molecule has 1 aromatic carbocycles. The highest BCUT2D eigenvalue weighted by Gasteiger charge is 1.95. The number of hydrogen-bond donors (Lipinski definition) is 1. The Labute approximate surface area is 161 Å². The van der Waals surface area contributed by atoms with E-state index in [0.717, 1.165) is 6.08 Å². The quantitative estimate of drug-likeness (QED) is 0.630. The molecule has 0 amide bonds. The fourth-order valence-electron chi connectivity index (χ4n) is 0.847. The highest BCUT2D eigenvalue weighted by Crippen LogP contribution is 1.97. The van der Waals surface area contributed by atoms with Gasteiger partial charge in [0, 0.05) is 17.2 Å². The molecule has 0 aromatic heterocycles. The predicted molar refractivity (Wildman–Crippen MR) is 108 cm³/mol. The Kier molecular flexibility index (Phi) is 19.9. The van der Waals surface area contributed by atoms with E-state index in [4.69, 9.17) is 5.11 Å². The van der Waals surface area contributed by atoms with Gasteiger partial charge in [0.25, 0.3) is 0 Å². The van der Waals surface area contributed by atoms with Crippen LogP contribution < -0.4 is 0 Å². The first kappa shape index (κ1) is 28.4. The van der Waals surface area contributed by atoms with Crippen molar-refractivity contribution in [2.24, 2.45) is 0 Å². The van der Waals surface area contributed by atoms with Gasteiger partial charge in [0.2, 0.25) is 0 Å². The van der Waals surface area contributed by atoms with E-state index in [1.165, 1.54) is 26.7 Å². The first-order valence-corrected chi connectivity index (χ1v) is 7.57. The molecule has 0 heterocycles. The van der Waals surface area contributed by atoms with Gasteiger partial charge in [-0.05, 0) is 19.4 Å². The van der Waals surface area contributed by atoms with Crippen LogP contribution in [0.3, 0.4) is 0 Å². The summed E-state index contributed by atoms with van der Waals surface area (Å²) in [6.07, 6.45) is 2.94. The summed E-state index contributed by atoms with van der Waals surface area (Å²) in [5.41, 5.74) is 1.78. The van der Waals surface area contributed by atoms with Gasteiger partial charge in [-0.15, -0.1) is 0 Å². The van der Waals surface area contributed by atoms with Gasteiger partial charge >= 0.3 is 17.9 Å². The first-order valence-electron chi connectivity index (χ1n) is 7.57. The standard InChI is InChI=1S/C8H8.C5H8O2.2C4H6O2/c1-2-8-6-4-3-5-7-8;1-4(2)5(6)7-3;1-3-4(5)6-2;1-3(2)4(5)6/h2-7H,1H2;1H2,2-3H3;3H,1H2,2H3;1H2,2H3,(H,5,6). The fourth-order valence-corrected chi connectivity index (χ4v) is 0.847. The molecule has 1 aromatic rings. The number of ether oxygens (including phenoxy) is 2. The summed E-state index contributed by atoms with van der Waals surface area (Å²) >= 11 is 0. The van der Waals surface area contributed by atoms with Gasteiger partial charge in [0.1, 0.15) is 0 Å². The third-order valence-electron chi connectivity index (χ3n) is 2.30. The van der Waals surface area contributed by atoms with Crippen LogP contribution in [0.5, 0.6) is 0 Å². The maximum absolute atomic E-state index is 10.2. The molecule has 0 radical (unpaired) electrons. The largest absolute Gasteiger partial charge is 0.478 e. The van der Waals surface area contributed by atoms with Crippen LogP contribution in [-0.4, -0.2) is 37.2 Å². The summed E-state index contributed by atoms with van der Waals surface area (Å²) in [7, 11) is 2.64. The number of rotatable bonds is 4. The van der Waals surface area contributed by atoms with Crippen LogP contribution in [0, 0.1) is 0 Å². The molecular weight excluding hydrogens is 348 g/mol. The van der Waals surface area contributed by atoms with Crippen LogP contribution in [0.15, 0.2) is 73.9 Å². The van der Waals surface area contributed by atoms with E-state index in [-0.39, 0.29) is 11.5 Å². The minimum Gasteiger partial charge on any atom is -0.478 e. The van der Waals surface area contributed by atoms with Gasteiger partial charge in [0.05, 0.1) is 14.2 Å². The minimum absolute atomic E-state index is 0.176. The molecule has 0 fully saturated rings. The van der Waals surface area contributed by atoms with Crippen molar-refractivity contribution >= 4 is 24.0 Å². The Bertz CT molecular complexity index is 615. The van der Waals surface area contributed by atoms with E-state index < -0.39 is 11.9 Å². The molecule has 0 spiro atoms. The van der Waals surface area contributed by atoms with Crippen LogP contribution >= 0.6 is 0 Å². The maximum atomic E-state index is 10.2. The van der Waals surface area contributed by atoms with Gasteiger partial charge in [-0.3, -0.25) is 0 Å². The molecule has 0 aliphatic rings. The van der Waals surface area contributed by atoms with Crippen LogP contribution in [-0.2, 0) is 23.9 Å². The molecule has 6 heteroatoms. The van der Waals surface area contributed by atoms with E-state index in [1.807, 2.05) is 36.4 Å². The first-order chi connectivity index (χ1) is 12.6. The van der Waals surface area contributed by atoms with Crippen molar-refractivity contribution < 1.29 is 29.0 Å². The average molecular weight is 376 g/mol. The Morgan fingerprint density at radius 3 is 1.48 bits per heavy atom. The number of carbonyl (C=O) groups is 3. The van der Waals surface area contributed by atoms with Gasteiger partial charge in [-0.2, -0.15) is 0 Å². The molecule has 0 aliphatic heterocycles. The molecule has 6 nitrogen and oxygen atoms in total. The number of methoxy groups -OCH3 is 2. The second kappa shape index (κ2) is 18.9. The second-order valence-electron chi connectivity index (χ2n) is 4.70. The lowest BCUT2D eigenvalue weighted by molar-refractivity contribution is -0.136. The minimum atomic E-state index is -0.935. The van der Waals surface area contributed by atoms with E-state index in [9.17, 15) is 14.4 Å². The zero-order valence-electron chi connectivity index (χ0n) is 16.4. The van der Waals surface area contributed by atoms with Crippen molar-refractivity contribution in [2.75, 3.05) is 14.2 Å². The number of aliphatic carboxylic acids is 1. The molecule has 148 valence electrons. The zero-order chi connectivity index (χ0) is 21.8. The Morgan fingerprint density at radius 1 is 0.926 bits per heavy atom. The molecule has 0 unspecified atom stereocenters. The Hall–Kier alpha value is -3.41. The van der Waals surface area contributed by atoms with E-state index in [0.29, 0.717) is 5.57 Å². The molecule has 27 heavy (non-hydrogen) atoms. The van der Waals surface area contributed by atoms with Crippen molar-refractivity contribution in [3.63, 3.8) is 0 Å². The maximum Gasteiger partial charge on any atom is 0.332 e. The summed E-state index contributed by atoms with van der Waals surface area (Å²) < 4.78 is 8.42. The number of carboxylic acids is 1. The van der Waals surface area contributed by atoms with Gasteiger partial charge < -0.3 is 14.6 Å². The monoisotopic (exact) mass is 376 g/mol. The third-order valence-corrected chi connectivity index (χ3v) is 2.30. The van der Waals surface area contributed by atoms with Gasteiger partial charge in [-0.1, -0.05) is 62.7 Å². The zero-order valence-corrected chi connectivity index (χ0v) is 16.4. The number of benzene rings is 1. The molecule has 1 rings (SSSR count). The van der Waals surface area contributed by atoms with Crippen molar-refractivity contribution in [1.29, 1.82) is 0 Å². The number of esters is 2. The molecule has 0 saturated carbocycles. The van der Waals surface area contributed by atoms with Crippen molar-refractivity contribution in [2.45, 2.75) is 13.8 Å². The molecular formula is C21H28O6. The Morgan fingerprint density at radius 2 is 1.37 bits per heavy atom. The van der Waals surface area contributed by atoms with Gasteiger partial charge in [-0.25, -0.2) is 14.4 Å². The smallest absolute Gasteiger partial charge is 0.332 e. The summed E-state index contributed by atoms with van der Waals surface area (Å²) in [5, 5.41) is 7.89. The molecule has 0 bridgehead atoms. The highest BCUT2D eigenvalue weighted by molar-refractivity contribution is 5.86. The van der Waals surface area contributed by atoms with Crippen LogP contribution in [0.2, 0.25) is 0 Å². The third kappa shape index (κ3) is 22.6. The highest BCUT2D eigenvalue weighted by atomic mass is 16.5. The van der Waals surface area contributed by atoms with Crippen LogP contribution in [0.4, 0.5) is 0 Å². The van der Waals surface area contributed by atoms with E-state index in [2.05, 4.69) is 35.8 Å². The number of carboxylic acid groups (broad SMARTS) is 1. The molecule has 0 aliphatic carbocycles. The Balaban J connectivity index is -0.000000287. The normalized spacial score (nSPS) is 7.70.